The number of halogens is 1. The molecule has 4 aromatic rings. The minimum atomic E-state index is -0.604. The highest BCUT2D eigenvalue weighted by Crippen LogP contribution is 2.25. The maximum Gasteiger partial charge on any atom is 0.307 e. The van der Waals surface area contributed by atoms with Gasteiger partial charge in [-0.05, 0) is 69.5 Å². The SMILES string of the molecule is CC(C)(C)OC(=O)CC(Cc1c[nH]c2ccccc12)C(=O)NCCCNc1ccnc2cc(Cl)ccc12. The maximum absolute atomic E-state index is 13.2. The summed E-state index contributed by atoms with van der Waals surface area (Å²) in [6.45, 7) is 6.63. The van der Waals surface area contributed by atoms with E-state index in [1.165, 1.54) is 0 Å². The van der Waals surface area contributed by atoms with Crippen LogP contribution in [0.5, 0.6) is 0 Å². The second-order valence-electron chi connectivity index (χ2n) is 10.1. The van der Waals surface area contributed by atoms with Crippen molar-refractivity contribution in [3.05, 3.63) is 71.5 Å². The number of hydrogen-bond donors (Lipinski definition) is 3. The molecule has 2 aromatic carbocycles. The molecule has 7 nitrogen and oxygen atoms in total. The lowest BCUT2D eigenvalue weighted by Crippen LogP contribution is -2.36. The Kier molecular flexibility index (Phi) is 8.34. The molecule has 0 fully saturated rings. The number of amides is 1. The minimum Gasteiger partial charge on any atom is -0.460 e. The first kappa shape index (κ1) is 26.5. The molecule has 0 aliphatic carbocycles. The minimum absolute atomic E-state index is 0.0203. The summed E-state index contributed by atoms with van der Waals surface area (Å²) >= 11 is 6.08. The summed E-state index contributed by atoms with van der Waals surface area (Å²) in [5.41, 5.74) is 3.20. The number of aromatic amines is 1. The molecule has 4 rings (SSSR count). The van der Waals surface area contributed by atoms with Gasteiger partial charge in [0.05, 0.1) is 17.9 Å². The first-order valence-electron chi connectivity index (χ1n) is 12.5. The number of anilines is 1. The van der Waals surface area contributed by atoms with Crippen LogP contribution in [0.4, 0.5) is 5.69 Å². The van der Waals surface area contributed by atoms with Gasteiger partial charge < -0.3 is 20.4 Å². The number of pyridine rings is 1. The van der Waals surface area contributed by atoms with Gasteiger partial charge in [0, 0.05) is 52.5 Å². The second-order valence-corrected chi connectivity index (χ2v) is 10.6. The van der Waals surface area contributed by atoms with Crippen molar-refractivity contribution in [1.82, 2.24) is 15.3 Å². The third-order valence-electron chi connectivity index (χ3n) is 6.02. The smallest absolute Gasteiger partial charge is 0.307 e. The van der Waals surface area contributed by atoms with Crippen LogP contribution in [0.1, 0.15) is 39.2 Å². The van der Waals surface area contributed by atoms with E-state index in [0.717, 1.165) is 39.5 Å². The number of nitrogens with zero attached hydrogens (tertiary/aromatic N) is 1. The topological polar surface area (TPSA) is 96.1 Å². The molecule has 1 unspecified atom stereocenters. The molecule has 194 valence electrons. The van der Waals surface area contributed by atoms with Gasteiger partial charge in [0.25, 0.3) is 0 Å². The Bertz CT molecular complexity index is 1390. The van der Waals surface area contributed by atoms with E-state index >= 15 is 0 Å². The van der Waals surface area contributed by atoms with Crippen molar-refractivity contribution in [1.29, 1.82) is 0 Å². The molecule has 3 N–H and O–H groups in total. The first-order chi connectivity index (χ1) is 17.7. The summed E-state index contributed by atoms with van der Waals surface area (Å²) in [6, 6.07) is 15.5. The summed E-state index contributed by atoms with van der Waals surface area (Å²) in [4.78, 5) is 33.4. The van der Waals surface area contributed by atoms with Crippen LogP contribution in [0.2, 0.25) is 5.02 Å². The van der Waals surface area contributed by atoms with Crippen LogP contribution in [-0.4, -0.2) is 40.5 Å². The monoisotopic (exact) mass is 520 g/mol. The highest BCUT2D eigenvalue weighted by molar-refractivity contribution is 6.31. The summed E-state index contributed by atoms with van der Waals surface area (Å²) in [5, 5.41) is 9.12. The first-order valence-corrected chi connectivity index (χ1v) is 12.9. The third kappa shape index (κ3) is 7.23. The Hall–Kier alpha value is -3.58. The highest BCUT2D eigenvalue weighted by Gasteiger charge is 2.26. The number of benzene rings is 2. The predicted molar refractivity (Wildman–Crippen MR) is 149 cm³/mol. The van der Waals surface area contributed by atoms with Crippen LogP contribution in [0.25, 0.3) is 21.8 Å². The van der Waals surface area contributed by atoms with Crippen LogP contribution in [-0.2, 0) is 20.7 Å². The fourth-order valence-corrected chi connectivity index (χ4v) is 4.52. The van der Waals surface area contributed by atoms with Crippen molar-refractivity contribution in [3.63, 3.8) is 0 Å². The summed E-state index contributed by atoms with van der Waals surface area (Å²) in [5.74, 6) is -1.06. The number of fused-ring (bicyclic) bond motifs is 2. The van der Waals surface area contributed by atoms with Gasteiger partial charge in [0.1, 0.15) is 5.60 Å². The van der Waals surface area contributed by atoms with Crippen LogP contribution >= 0.6 is 11.6 Å². The Morgan fingerprint density at radius 1 is 1.08 bits per heavy atom. The molecule has 0 spiro atoms. The predicted octanol–water partition coefficient (Wildman–Crippen LogP) is 5.88. The van der Waals surface area contributed by atoms with Crippen molar-refractivity contribution in [3.8, 4) is 0 Å². The zero-order chi connectivity index (χ0) is 26.4. The summed E-state index contributed by atoms with van der Waals surface area (Å²) < 4.78 is 5.51. The molecule has 37 heavy (non-hydrogen) atoms. The van der Waals surface area contributed by atoms with Crippen LogP contribution in [0, 0.1) is 5.92 Å². The van der Waals surface area contributed by atoms with Gasteiger partial charge in [-0.2, -0.15) is 0 Å². The van der Waals surface area contributed by atoms with E-state index < -0.39 is 11.5 Å². The van der Waals surface area contributed by atoms with Crippen molar-refractivity contribution in [2.75, 3.05) is 18.4 Å². The Labute approximate surface area is 221 Å². The van der Waals surface area contributed by atoms with Crippen molar-refractivity contribution >= 4 is 51.0 Å². The molecule has 1 atom stereocenters. The standard InChI is InChI=1S/C29H33ClN4O3/c1-29(2,3)37-27(35)16-19(15-20-18-34-24-8-5-4-7-22(20)24)28(36)33-13-6-12-31-25-11-14-32-26-17-21(30)9-10-23(25)26/h4-5,7-11,14,17-19,34H,6,12-13,15-16H2,1-3H3,(H,31,32)(H,33,36). The molecular weight excluding hydrogens is 488 g/mol. The van der Waals surface area contributed by atoms with E-state index in [4.69, 9.17) is 16.3 Å². The largest absolute Gasteiger partial charge is 0.460 e. The third-order valence-corrected chi connectivity index (χ3v) is 6.25. The van der Waals surface area contributed by atoms with E-state index in [-0.39, 0.29) is 18.3 Å². The number of para-hydroxylation sites is 1. The van der Waals surface area contributed by atoms with Gasteiger partial charge in [-0.15, -0.1) is 0 Å². The van der Waals surface area contributed by atoms with Crippen molar-refractivity contribution in [2.45, 2.75) is 45.6 Å². The normalized spacial score (nSPS) is 12.4. The molecule has 0 radical (unpaired) electrons. The zero-order valence-electron chi connectivity index (χ0n) is 21.4. The van der Waals surface area contributed by atoms with Gasteiger partial charge in [0.15, 0.2) is 0 Å². The molecule has 2 aromatic heterocycles. The van der Waals surface area contributed by atoms with Crippen molar-refractivity contribution < 1.29 is 14.3 Å². The Morgan fingerprint density at radius 3 is 2.70 bits per heavy atom. The lowest BCUT2D eigenvalue weighted by molar-refractivity contribution is -0.157. The fourth-order valence-electron chi connectivity index (χ4n) is 4.35. The number of nitrogens with one attached hydrogen (secondary N) is 3. The number of esters is 1. The molecule has 0 saturated carbocycles. The lowest BCUT2D eigenvalue weighted by Gasteiger charge is -2.22. The summed E-state index contributed by atoms with van der Waals surface area (Å²) in [6.07, 6.45) is 4.84. The highest BCUT2D eigenvalue weighted by atomic mass is 35.5. The van der Waals surface area contributed by atoms with Gasteiger partial charge in [0.2, 0.25) is 5.91 Å². The van der Waals surface area contributed by atoms with Gasteiger partial charge in [-0.25, -0.2) is 0 Å². The van der Waals surface area contributed by atoms with Gasteiger partial charge in [-0.3, -0.25) is 14.6 Å². The number of carbonyl (C=O) groups excluding carboxylic acids is 2. The molecule has 0 aliphatic heterocycles. The molecule has 0 aliphatic rings. The number of rotatable bonds is 10. The average molecular weight is 521 g/mol. The van der Waals surface area contributed by atoms with E-state index in [0.29, 0.717) is 24.5 Å². The number of ether oxygens (including phenoxy) is 1. The van der Waals surface area contributed by atoms with Crippen LogP contribution in [0.15, 0.2) is 60.9 Å². The quantitative estimate of drug-likeness (QED) is 0.179. The average Bonchev–Trinajstić information content (AvgIpc) is 3.25. The number of aromatic nitrogens is 2. The van der Waals surface area contributed by atoms with E-state index in [1.807, 2.05) is 75.5 Å². The molecular formula is C29H33ClN4O3. The number of hydrogen-bond acceptors (Lipinski definition) is 5. The van der Waals surface area contributed by atoms with Gasteiger partial charge in [-0.1, -0.05) is 29.8 Å². The summed E-state index contributed by atoms with van der Waals surface area (Å²) in [7, 11) is 0. The Balaban J connectivity index is 1.35. The zero-order valence-corrected chi connectivity index (χ0v) is 22.2. The van der Waals surface area contributed by atoms with E-state index in [2.05, 4.69) is 20.6 Å². The fraction of sp³-hybridized carbons (Fsp3) is 0.345. The van der Waals surface area contributed by atoms with E-state index in [1.54, 1.807) is 6.20 Å². The number of carbonyl (C=O) groups is 2. The molecule has 0 saturated heterocycles. The molecule has 1 amide bonds. The lowest BCUT2D eigenvalue weighted by atomic mass is 9.94. The van der Waals surface area contributed by atoms with Gasteiger partial charge >= 0.3 is 5.97 Å². The maximum atomic E-state index is 13.2. The molecule has 0 bridgehead atoms. The number of H-pyrrole nitrogens is 1. The van der Waals surface area contributed by atoms with Crippen molar-refractivity contribution in [2.24, 2.45) is 5.92 Å². The molecule has 8 heteroatoms. The van der Waals surface area contributed by atoms with Crippen LogP contribution in [0.3, 0.4) is 0 Å². The Morgan fingerprint density at radius 2 is 1.89 bits per heavy atom. The second kappa shape index (κ2) is 11.6. The molecule has 2 heterocycles. The van der Waals surface area contributed by atoms with Crippen LogP contribution < -0.4 is 10.6 Å². The van der Waals surface area contributed by atoms with E-state index in [9.17, 15) is 9.59 Å².